The van der Waals surface area contributed by atoms with E-state index in [1.807, 2.05) is 53.5 Å². The van der Waals surface area contributed by atoms with E-state index in [-0.39, 0.29) is 0 Å². The summed E-state index contributed by atoms with van der Waals surface area (Å²) in [5.74, 6) is 1.25. The van der Waals surface area contributed by atoms with Crippen LogP contribution in [-0.2, 0) is 13.1 Å². The van der Waals surface area contributed by atoms with Gasteiger partial charge in [0.2, 0.25) is 0 Å². The van der Waals surface area contributed by atoms with Gasteiger partial charge in [-0.2, -0.15) is 5.10 Å². The molecule has 1 aliphatic heterocycles. The predicted molar refractivity (Wildman–Crippen MR) is 109 cm³/mol. The van der Waals surface area contributed by atoms with Gasteiger partial charge in [-0.1, -0.05) is 30.3 Å². The van der Waals surface area contributed by atoms with Gasteiger partial charge in [0.05, 0.1) is 18.5 Å². The molecule has 0 saturated carbocycles. The van der Waals surface area contributed by atoms with Crippen molar-refractivity contribution >= 4 is 16.7 Å². The molecule has 0 amide bonds. The molecule has 0 aliphatic carbocycles. The maximum absolute atomic E-state index is 8.58. The standard InChI is InChI=1S/C22H21N5O/c23-22-20-12-17-6-1-2-7-18(17)26(20)10-5-11-28-21-9-4-3-8-19(21)27-15-16(13-24-22)14-25-27/h1-4,6-9,12,14-15H,5,10-11,13H2,(H2,23,24). The first-order chi connectivity index (χ1) is 13.8. The Balaban J connectivity index is 1.55. The average molecular weight is 371 g/mol. The average Bonchev–Trinajstić information content (AvgIpc) is 3.34. The molecule has 2 aromatic carbocycles. The number of amidine groups is 1. The smallest absolute Gasteiger partial charge is 0.144 e. The molecule has 0 fully saturated rings. The molecule has 0 radical (unpaired) electrons. The second-order valence-corrected chi connectivity index (χ2v) is 6.93. The van der Waals surface area contributed by atoms with E-state index in [0.29, 0.717) is 19.0 Å². The van der Waals surface area contributed by atoms with Crippen LogP contribution in [0.25, 0.3) is 16.6 Å². The second-order valence-electron chi connectivity index (χ2n) is 6.93. The maximum Gasteiger partial charge on any atom is 0.144 e. The Bertz CT molecular complexity index is 1160. The van der Waals surface area contributed by atoms with Gasteiger partial charge in [-0.05, 0) is 30.7 Å². The molecule has 6 nitrogen and oxygen atoms in total. The third-order valence-electron chi connectivity index (χ3n) is 5.07. The summed E-state index contributed by atoms with van der Waals surface area (Å²) in [4.78, 5) is 0. The Morgan fingerprint density at radius 1 is 1.07 bits per heavy atom. The van der Waals surface area contributed by atoms with E-state index in [1.54, 1.807) is 0 Å². The first kappa shape index (κ1) is 16.6. The molecule has 2 aromatic heterocycles. The van der Waals surface area contributed by atoms with Crippen molar-refractivity contribution in [3.05, 3.63) is 78.2 Å². The summed E-state index contributed by atoms with van der Waals surface area (Å²) >= 11 is 0. The van der Waals surface area contributed by atoms with E-state index in [4.69, 9.17) is 10.1 Å². The lowest BCUT2D eigenvalue weighted by Gasteiger charge is -2.15. The van der Waals surface area contributed by atoms with Crippen LogP contribution in [0.4, 0.5) is 0 Å². The molecule has 5 rings (SSSR count). The predicted octanol–water partition coefficient (Wildman–Crippen LogP) is 3.72. The monoisotopic (exact) mass is 371 g/mol. The van der Waals surface area contributed by atoms with Gasteiger partial charge in [0.25, 0.3) is 0 Å². The fourth-order valence-corrected chi connectivity index (χ4v) is 3.70. The number of para-hydroxylation sites is 3. The fraction of sp³-hybridized carbons (Fsp3) is 0.182. The molecule has 0 atom stereocenters. The lowest BCUT2D eigenvalue weighted by molar-refractivity contribution is 0.301. The number of nitrogens with one attached hydrogen (secondary N) is 2. The van der Waals surface area contributed by atoms with Crippen molar-refractivity contribution in [2.45, 2.75) is 19.5 Å². The van der Waals surface area contributed by atoms with Gasteiger partial charge in [0.1, 0.15) is 17.3 Å². The summed E-state index contributed by atoms with van der Waals surface area (Å²) in [5, 5.41) is 17.5. The second kappa shape index (κ2) is 6.88. The molecule has 140 valence electrons. The SMILES string of the molecule is N=C1NCc2cnn(c2)-c2ccccc2OCCCn2c1cc1ccccc12. The molecule has 2 N–H and O–H groups in total. The van der Waals surface area contributed by atoms with Gasteiger partial charge in [-0.15, -0.1) is 0 Å². The highest BCUT2D eigenvalue weighted by molar-refractivity contribution is 6.00. The Hall–Kier alpha value is -3.54. The highest BCUT2D eigenvalue weighted by Crippen LogP contribution is 2.24. The van der Waals surface area contributed by atoms with Crippen molar-refractivity contribution < 1.29 is 4.74 Å². The first-order valence-corrected chi connectivity index (χ1v) is 9.46. The number of hydrogen-bond acceptors (Lipinski definition) is 3. The van der Waals surface area contributed by atoms with E-state index in [0.717, 1.165) is 46.6 Å². The number of rotatable bonds is 0. The van der Waals surface area contributed by atoms with E-state index < -0.39 is 0 Å². The molecule has 2 bridgehead atoms. The molecule has 1 aliphatic rings. The van der Waals surface area contributed by atoms with Gasteiger partial charge in [-0.3, -0.25) is 5.41 Å². The number of fused-ring (bicyclic) bond motifs is 7. The molecule has 0 unspecified atom stereocenters. The van der Waals surface area contributed by atoms with Crippen LogP contribution in [0.5, 0.6) is 5.75 Å². The number of ether oxygens (including phenoxy) is 1. The minimum Gasteiger partial charge on any atom is -0.491 e. The van der Waals surface area contributed by atoms with Crippen LogP contribution in [0.1, 0.15) is 17.7 Å². The van der Waals surface area contributed by atoms with E-state index in [2.05, 4.69) is 33.2 Å². The molecule has 3 heterocycles. The number of nitrogens with zero attached hydrogens (tertiary/aromatic N) is 3. The zero-order chi connectivity index (χ0) is 18.9. The van der Waals surface area contributed by atoms with E-state index in [9.17, 15) is 0 Å². The van der Waals surface area contributed by atoms with Crippen molar-refractivity contribution in [2.75, 3.05) is 6.61 Å². The van der Waals surface area contributed by atoms with Crippen molar-refractivity contribution in [2.24, 2.45) is 0 Å². The van der Waals surface area contributed by atoms with Crippen LogP contribution in [0, 0.1) is 5.41 Å². The van der Waals surface area contributed by atoms with Gasteiger partial charge >= 0.3 is 0 Å². The number of aromatic nitrogens is 3. The van der Waals surface area contributed by atoms with Gasteiger partial charge in [-0.25, -0.2) is 4.68 Å². The first-order valence-electron chi connectivity index (χ1n) is 9.46. The van der Waals surface area contributed by atoms with Crippen LogP contribution in [0.15, 0.2) is 67.0 Å². The number of aryl methyl sites for hydroxylation is 1. The summed E-state index contributed by atoms with van der Waals surface area (Å²) in [5.41, 5.74) is 3.97. The van der Waals surface area contributed by atoms with E-state index in [1.165, 1.54) is 0 Å². The molecular formula is C22H21N5O. The van der Waals surface area contributed by atoms with Gasteiger partial charge in [0, 0.05) is 35.8 Å². The highest BCUT2D eigenvalue weighted by atomic mass is 16.5. The van der Waals surface area contributed by atoms with Gasteiger partial charge < -0.3 is 14.6 Å². The fourth-order valence-electron chi connectivity index (χ4n) is 3.70. The molecule has 0 saturated heterocycles. The third-order valence-corrected chi connectivity index (χ3v) is 5.07. The molecule has 6 heteroatoms. The molecular weight excluding hydrogens is 350 g/mol. The topological polar surface area (TPSA) is 67.9 Å². The third kappa shape index (κ3) is 2.93. The van der Waals surface area contributed by atoms with Crippen LogP contribution in [-0.4, -0.2) is 26.8 Å². The normalized spacial score (nSPS) is 14.5. The zero-order valence-electron chi connectivity index (χ0n) is 15.4. The highest BCUT2D eigenvalue weighted by Gasteiger charge is 2.14. The van der Waals surface area contributed by atoms with Crippen LogP contribution >= 0.6 is 0 Å². The zero-order valence-corrected chi connectivity index (χ0v) is 15.4. The van der Waals surface area contributed by atoms with Crippen molar-refractivity contribution in [1.29, 1.82) is 5.41 Å². The van der Waals surface area contributed by atoms with E-state index >= 15 is 0 Å². The number of hydrogen-bond donors (Lipinski definition) is 2. The largest absolute Gasteiger partial charge is 0.491 e. The van der Waals surface area contributed by atoms with Crippen LogP contribution < -0.4 is 10.1 Å². The van der Waals surface area contributed by atoms with Crippen LogP contribution in [0.3, 0.4) is 0 Å². The van der Waals surface area contributed by atoms with Crippen LogP contribution in [0.2, 0.25) is 0 Å². The lowest BCUT2D eigenvalue weighted by Crippen LogP contribution is -2.25. The Kier molecular flexibility index (Phi) is 4.09. The van der Waals surface area contributed by atoms with Crippen molar-refractivity contribution in [3.63, 3.8) is 0 Å². The molecule has 4 aromatic rings. The minimum atomic E-state index is 0.419. The minimum absolute atomic E-state index is 0.419. The summed E-state index contributed by atoms with van der Waals surface area (Å²) in [6, 6.07) is 18.3. The maximum atomic E-state index is 8.58. The Morgan fingerprint density at radius 3 is 2.89 bits per heavy atom. The van der Waals surface area contributed by atoms with Gasteiger partial charge in [0.15, 0.2) is 0 Å². The summed E-state index contributed by atoms with van der Waals surface area (Å²) < 4.78 is 10.1. The van der Waals surface area contributed by atoms with Crippen molar-refractivity contribution in [1.82, 2.24) is 19.7 Å². The Morgan fingerprint density at radius 2 is 1.93 bits per heavy atom. The molecule has 28 heavy (non-hydrogen) atoms. The lowest BCUT2D eigenvalue weighted by atomic mass is 10.2. The number of benzene rings is 2. The summed E-state index contributed by atoms with van der Waals surface area (Å²) in [7, 11) is 0. The van der Waals surface area contributed by atoms with Crippen molar-refractivity contribution in [3.8, 4) is 11.4 Å². The quantitative estimate of drug-likeness (QED) is 0.495. The Labute approximate surface area is 162 Å². The summed E-state index contributed by atoms with van der Waals surface area (Å²) in [6.07, 6.45) is 4.65. The summed E-state index contributed by atoms with van der Waals surface area (Å²) in [6.45, 7) is 1.93. The molecule has 0 spiro atoms.